The maximum absolute atomic E-state index is 2.23. The second-order valence-corrected chi connectivity index (χ2v) is 4.74. The third-order valence-electron chi connectivity index (χ3n) is 2.18. The van der Waals surface area contributed by atoms with Gasteiger partial charge >= 0.3 is 0 Å². The van der Waals surface area contributed by atoms with E-state index in [4.69, 9.17) is 0 Å². The molecule has 0 bridgehead atoms. The second kappa shape index (κ2) is 5.62. The highest BCUT2D eigenvalue weighted by atomic mass is 32.2. The molecule has 0 amide bonds. The maximum atomic E-state index is 2.23. The van der Waals surface area contributed by atoms with Crippen molar-refractivity contribution in [2.24, 2.45) is 0 Å². The molecule has 2 aliphatic rings. The average molecular weight is 214 g/mol. The quantitative estimate of drug-likeness (QED) is 0.673. The van der Waals surface area contributed by atoms with Crippen LogP contribution in [-0.2, 0) is 0 Å². The molecule has 0 saturated heterocycles. The highest BCUT2D eigenvalue weighted by molar-refractivity contribution is 8.01. The molecular formula is C14H14S. The molecule has 0 spiro atoms. The minimum Gasteiger partial charge on any atom is -0.138 e. The van der Waals surface area contributed by atoms with Gasteiger partial charge in [0.15, 0.2) is 0 Å². The van der Waals surface area contributed by atoms with Gasteiger partial charge in [-0.05, 0) is 0 Å². The van der Waals surface area contributed by atoms with E-state index in [2.05, 4.69) is 72.9 Å². The van der Waals surface area contributed by atoms with Crippen LogP contribution in [0.2, 0.25) is 0 Å². The molecule has 2 rings (SSSR count). The number of thioether (sulfide) groups is 1. The summed E-state index contributed by atoms with van der Waals surface area (Å²) in [4.78, 5) is 0. The van der Waals surface area contributed by atoms with Crippen LogP contribution in [0.4, 0.5) is 0 Å². The number of hydrogen-bond acceptors (Lipinski definition) is 1. The molecule has 0 heterocycles. The van der Waals surface area contributed by atoms with Crippen LogP contribution < -0.4 is 0 Å². The summed E-state index contributed by atoms with van der Waals surface area (Å²) >= 11 is 1.94. The highest BCUT2D eigenvalue weighted by Crippen LogP contribution is 2.24. The topological polar surface area (TPSA) is 0 Å². The van der Waals surface area contributed by atoms with Gasteiger partial charge in [0, 0.05) is 10.5 Å². The molecule has 0 unspecified atom stereocenters. The van der Waals surface area contributed by atoms with Crippen LogP contribution in [0.1, 0.15) is 0 Å². The lowest BCUT2D eigenvalue weighted by molar-refractivity contribution is 1.35. The minimum atomic E-state index is 0.470. The normalized spacial score (nSPS) is 20.8. The molecule has 0 nitrogen and oxygen atoms in total. The fourth-order valence-electron chi connectivity index (χ4n) is 1.44. The van der Waals surface area contributed by atoms with E-state index in [0.29, 0.717) is 10.5 Å². The van der Waals surface area contributed by atoms with Gasteiger partial charge in [-0.1, -0.05) is 72.9 Å². The molecule has 0 aromatic carbocycles. The standard InChI is InChI=1S/C14H14S/c1-2-6-10-13(9-5-1)15-14-11-7-3-4-8-12-14/h1-14H. The first-order valence-corrected chi connectivity index (χ1v) is 6.08. The molecule has 0 N–H and O–H groups in total. The number of hydrogen-bond donors (Lipinski definition) is 0. The molecule has 0 fully saturated rings. The van der Waals surface area contributed by atoms with Crippen LogP contribution in [0.3, 0.4) is 0 Å². The van der Waals surface area contributed by atoms with Crippen molar-refractivity contribution in [1.29, 1.82) is 0 Å². The van der Waals surface area contributed by atoms with E-state index in [1.165, 1.54) is 0 Å². The van der Waals surface area contributed by atoms with Crippen LogP contribution in [0, 0.1) is 0 Å². The van der Waals surface area contributed by atoms with Crippen molar-refractivity contribution in [1.82, 2.24) is 0 Å². The summed E-state index contributed by atoms with van der Waals surface area (Å²) in [5, 5.41) is 0.940. The van der Waals surface area contributed by atoms with Crippen LogP contribution in [-0.4, -0.2) is 10.5 Å². The van der Waals surface area contributed by atoms with Gasteiger partial charge in [-0.3, -0.25) is 0 Å². The smallest absolute Gasteiger partial charge is 0.0422 e. The largest absolute Gasteiger partial charge is 0.138 e. The molecule has 1 heteroatoms. The van der Waals surface area contributed by atoms with Gasteiger partial charge in [0.25, 0.3) is 0 Å². The lowest BCUT2D eigenvalue weighted by atomic mass is 10.3. The summed E-state index contributed by atoms with van der Waals surface area (Å²) < 4.78 is 0. The predicted molar refractivity (Wildman–Crippen MR) is 70.0 cm³/mol. The summed E-state index contributed by atoms with van der Waals surface area (Å²) in [6.45, 7) is 0. The fourth-order valence-corrected chi connectivity index (χ4v) is 2.53. The SMILES string of the molecule is C1=CC=CC(SC2C=CC=CC=C2)C=C1. The molecule has 15 heavy (non-hydrogen) atoms. The van der Waals surface area contributed by atoms with Gasteiger partial charge in [0.05, 0.1) is 0 Å². The summed E-state index contributed by atoms with van der Waals surface area (Å²) in [5.41, 5.74) is 0. The number of allylic oxidation sites excluding steroid dienone is 8. The maximum Gasteiger partial charge on any atom is 0.0422 e. The first kappa shape index (κ1) is 10.3. The predicted octanol–water partition coefficient (Wildman–Crippen LogP) is 3.82. The molecule has 0 atom stereocenters. The Labute approximate surface area is 95.5 Å². The van der Waals surface area contributed by atoms with E-state index in [9.17, 15) is 0 Å². The van der Waals surface area contributed by atoms with Crippen LogP contribution >= 0.6 is 11.8 Å². The Kier molecular flexibility index (Phi) is 3.86. The monoisotopic (exact) mass is 214 g/mol. The molecule has 0 aliphatic heterocycles. The summed E-state index contributed by atoms with van der Waals surface area (Å²) in [5.74, 6) is 0. The molecule has 2 aliphatic carbocycles. The van der Waals surface area contributed by atoms with E-state index in [0.717, 1.165) is 0 Å². The van der Waals surface area contributed by atoms with Crippen molar-refractivity contribution in [3.8, 4) is 0 Å². The first-order chi connectivity index (χ1) is 7.45. The molecule has 0 saturated carbocycles. The van der Waals surface area contributed by atoms with Crippen molar-refractivity contribution >= 4 is 11.8 Å². The lowest BCUT2D eigenvalue weighted by Gasteiger charge is -2.11. The summed E-state index contributed by atoms with van der Waals surface area (Å²) in [7, 11) is 0. The summed E-state index contributed by atoms with van der Waals surface area (Å²) in [6.07, 6.45) is 25.6. The Morgan fingerprint density at radius 3 is 1.13 bits per heavy atom. The van der Waals surface area contributed by atoms with Crippen molar-refractivity contribution in [2.75, 3.05) is 0 Å². The molecular weight excluding hydrogens is 200 g/mol. The fraction of sp³-hybridized carbons (Fsp3) is 0.143. The zero-order chi connectivity index (χ0) is 10.3. The van der Waals surface area contributed by atoms with E-state index < -0.39 is 0 Å². The molecule has 0 aromatic rings. The van der Waals surface area contributed by atoms with Crippen LogP contribution in [0.25, 0.3) is 0 Å². The van der Waals surface area contributed by atoms with Gasteiger partial charge < -0.3 is 0 Å². The number of rotatable bonds is 2. The third kappa shape index (κ3) is 3.45. The molecule has 76 valence electrons. The van der Waals surface area contributed by atoms with Gasteiger partial charge in [-0.15, -0.1) is 11.8 Å². The van der Waals surface area contributed by atoms with E-state index in [1.807, 2.05) is 11.8 Å². The van der Waals surface area contributed by atoms with E-state index in [1.54, 1.807) is 0 Å². The van der Waals surface area contributed by atoms with Crippen LogP contribution in [0.5, 0.6) is 0 Å². The minimum absolute atomic E-state index is 0.470. The van der Waals surface area contributed by atoms with Crippen molar-refractivity contribution < 1.29 is 0 Å². The van der Waals surface area contributed by atoms with Gasteiger partial charge in [-0.2, -0.15) is 0 Å². The highest BCUT2D eigenvalue weighted by Gasteiger charge is 2.08. The van der Waals surface area contributed by atoms with Crippen molar-refractivity contribution in [2.45, 2.75) is 10.5 Å². The average Bonchev–Trinajstić information content (AvgIpc) is 2.63. The Balaban J connectivity index is 1.97. The van der Waals surface area contributed by atoms with Crippen molar-refractivity contribution in [3.05, 3.63) is 72.9 Å². The van der Waals surface area contributed by atoms with Gasteiger partial charge in [-0.25, -0.2) is 0 Å². The Morgan fingerprint density at radius 2 is 0.800 bits per heavy atom. The van der Waals surface area contributed by atoms with Crippen molar-refractivity contribution in [3.63, 3.8) is 0 Å². The summed E-state index contributed by atoms with van der Waals surface area (Å²) in [6, 6.07) is 0. The van der Waals surface area contributed by atoms with E-state index >= 15 is 0 Å². The second-order valence-electron chi connectivity index (χ2n) is 3.37. The third-order valence-corrected chi connectivity index (χ3v) is 3.44. The molecule has 0 aromatic heterocycles. The Bertz CT molecular complexity index is 299. The van der Waals surface area contributed by atoms with Gasteiger partial charge in [0.1, 0.15) is 0 Å². The zero-order valence-electron chi connectivity index (χ0n) is 8.49. The Morgan fingerprint density at radius 1 is 0.467 bits per heavy atom. The lowest BCUT2D eigenvalue weighted by Crippen LogP contribution is -2.01. The zero-order valence-corrected chi connectivity index (χ0v) is 9.31. The Hall–Kier alpha value is -1.21. The van der Waals surface area contributed by atoms with Crippen LogP contribution in [0.15, 0.2) is 72.9 Å². The molecule has 0 radical (unpaired) electrons. The van der Waals surface area contributed by atoms with Gasteiger partial charge in [0.2, 0.25) is 0 Å². The first-order valence-electron chi connectivity index (χ1n) is 5.14. The van der Waals surface area contributed by atoms with E-state index in [-0.39, 0.29) is 0 Å².